The van der Waals surface area contributed by atoms with Crippen molar-refractivity contribution in [2.45, 2.75) is 25.4 Å². The molecule has 1 aliphatic rings. The van der Waals surface area contributed by atoms with E-state index in [2.05, 4.69) is 48.2 Å². The molecule has 1 heterocycles. The molecule has 1 saturated heterocycles. The summed E-state index contributed by atoms with van der Waals surface area (Å²) < 4.78 is 0. The molecule has 0 aromatic heterocycles. The first kappa shape index (κ1) is 14.6. The van der Waals surface area contributed by atoms with E-state index in [9.17, 15) is 0 Å². The monoisotopic (exact) mass is 300 g/mol. The zero-order valence-corrected chi connectivity index (χ0v) is 13.1. The molecule has 2 aromatic rings. The predicted octanol–water partition coefficient (Wildman–Crippen LogP) is 3.58. The average Bonchev–Trinajstić information content (AvgIpc) is 2.80. The molecule has 2 N–H and O–H groups in total. The second-order valence-electron chi connectivity index (χ2n) is 5.95. The molecule has 3 rings (SSSR count). The molecular weight excluding hydrogens is 280 g/mol. The van der Waals surface area contributed by atoms with Gasteiger partial charge in [-0.1, -0.05) is 48.0 Å². The maximum atomic E-state index is 6.39. The molecule has 0 amide bonds. The van der Waals surface area contributed by atoms with Crippen LogP contribution in [0.3, 0.4) is 0 Å². The summed E-state index contributed by atoms with van der Waals surface area (Å²) in [6.45, 7) is 5.05. The molecule has 2 nitrogen and oxygen atoms in total. The van der Waals surface area contributed by atoms with Crippen LogP contribution in [-0.4, -0.2) is 24.0 Å². The Morgan fingerprint density at radius 2 is 1.90 bits per heavy atom. The fraction of sp³-hybridized carbons (Fsp3) is 0.333. The van der Waals surface area contributed by atoms with Gasteiger partial charge in [0.1, 0.15) is 0 Å². The number of nitrogens with two attached hydrogens (primary N) is 1. The van der Waals surface area contributed by atoms with Crippen molar-refractivity contribution in [3.63, 3.8) is 0 Å². The fourth-order valence-corrected chi connectivity index (χ4v) is 3.49. The lowest BCUT2D eigenvalue weighted by molar-refractivity contribution is 0.324. The quantitative estimate of drug-likeness (QED) is 0.939. The van der Waals surface area contributed by atoms with Crippen molar-refractivity contribution >= 4 is 11.6 Å². The normalized spacial score (nSPS) is 22.6. The van der Waals surface area contributed by atoms with Gasteiger partial charge in [0.15, 0.2) is 0 Å². The Labute approximate surface area is 131 Å². The predicted molar refractivity (Wildman–Crippen MR) is 88.6 cm³/mol. The fourth-order valence-electron chi connectivity index (χ4n) is 3.27. The van der Waals surface area contributed by atoms with Crippen LogP contribution in [0.25, 0.3) is 0 Å². The van der Waals surface area contributed by atoms with Crippen LogP contribution < -0.4 is 5.73 Å². The minimum Gasteiger partial charge on any atom is -0.326 e. The standard InChI is InChI=1S/C18H21ClN2/c1-13-9-15(19)7-8-16(13)17-11-21(12-18(17)20)10-14-5-3-2-4-6-14/h2-9,17-18H,10-12,20H2,1H3/t17-,18+/m1/s1. The number of likely N-dealkylation sites (tertiary alicyclic amines) is 1. The summed E-state index contributed by atoms with van der Waals surface area (Å²) in [5, 5.41) is 0.795. The van der Waals surface area contributed by atoms with Crippen molar-refractivity contribution in [3.05, 3.63) is 70.2 Å². The number of halogens is 1. The number of hydrogen-bond donors (Lipinski definition) is 1. The lowest BCUT2D eigenvalue weighted by Gasteiger charge is -2.18. The number of aryl methyl sites for hydroxylation is 1. The first-order valence-corrected chi connectivity index (χ1v) is 7.79. The van der Waals surface area contributed by atoms with Crippen LogP contribution in [-0.2, 0) is 6.54 Å². The Hall–Kier alpha value is -1.35. The van der Waals surface area contributed by atoms with Gasteiger partial charge < -0.3 is 5.73 Å². The summed E-state index contributed by atoms with van der Waals surface area (Å²) in [7, 11) is 0. The Bertz CT molecular complexity index is 612. The Kier molecular flexibility index (Phi) is 4.29. The van der Waals surface area contributed by atoms with Gasteiger partial charge in [0, 0.05) is 36.6 Å². The summed E-state index contributed by atoms with van der Waals surface area (Å²) in [4.78, 5) is 2.44. The van der Waals surface area contributed by atoms with Crippen molar-refractivity contribution in [2.75, 3.05) is 13.1 Å². The van der Waals surface area contributed by atoms with Gasteiger partial charge in [-0.25, -0.2) is 0 Å². The van der Waals surface area contributed by atoms with Gasteiger partial charge in [0.2, 0.25) is 0 Å². The molecule has 21 heavy (non-hydrogen) atoms. The van der Waals surface area contributed by atoms with Gasteiger partial charge in [0.05, 0.1) is 0 Å². The molecule has 1 aliphatic heterocycles. The van der Waals surface area contributed by atoms with E-state index in [-0.39, 0.29) is 6.04 Å². The highest BCUT2D eigenvalue weighted by Gasteiger charge is 2.31. The van der Waals surface area contributed by atoms with Gasteiger partial charge in [0.25, 0.3) is 0 Å². The van der Waals surface area contributed by atoms with Gasteiger partial charge in [-0.3, -0.25) is 4.90 Å². The maximum Gasteiger partial charge on any atom is 0.0408 e. The van der Waals surface area contributed by atoms with Gasteiger partial charge in [-0.05, 0) is 35.7 Å². The molecule has 1 fully saturated rings. The second-order valence-corrected chi connectivity index (χ2v) is 6.39. The van der Waals surface area contributed by atoms with Crippen LogP contribution in [0.2, 0.25) is 5.02 Å². The van der Waals surface area contributed by atoms with Crippen molar-refractivity contribution in [3.8, 4) is 0 Å². The Morgan fingerprint density at radius 3 is 2.62 bits per heavy atom. The summed E-state index contributed by atoms with van der Waals surface area (Å²) in [6.07, 6.45) is 0. The molecule has 0 aliphatic carbocycles. The first-order chi connectivity index (χ1) is 10.1. The Morgan fingerprint density at radius 1 is 1.14 bits per heavy atom. The minimum atomic E-state index is 0.189. The summed E-state index contributed by atoms with van der Waals surface area (Å²) >= 11 is 6.05. The smallest absolute Gasteiger partial charge is 0.0408 e. The first-order valence-electron chi connectivity index (χ1n) is 7.41. The molecule has 0 saturated carbocycles. The van der Waals surface area contributed by atoms with E-state index < -0.39 is 0 Å². The highest BCUT2D eigenvalue weighted by Crippen LogP contribution is 2.30. The Balaban J connectivity index is 1.74. The molecule has 0 radical (unpaired) electrons. The van der Waals surface area contributed by atoms with Crippen LogP contribution in [0.4, 0.5) is 0 Å². The zero-order valence-electron chi connectivity index (χ0n) is 12.3. The highest BCUT2D eigenvalue weighted by atomic mass is 35.5. The lowest BCUT2D eigenvalue weighted by Crippen LogP contribution is -2.28. The van der Waals surface area contributed by atoms with E-state index in [1.165, 1.54) is 16.7 Å². The van der Waals surface area contributed by atoms with Gasteiger partial charge >= 0.3 is 0 Å². The number of rotatable bonds is 3. The van der Waals surface area contributed by atoms with Crippen molar-refractivity contribution in [1.29, 1.82) is 0 Å². The molecule has 3 heteroatoms. The van der Waals surface area contributed by atoms with E-state index in [1.54, 1.807) is 0 Å². The molecular formula is C18H21ClN2. The average molecular weight is 301 g/mol. The molecule has 2 atom stereocenters. The van der Waals surface area contributed by atoms with Crippen LogP contribution >= 0.6 is 11.6 Å². The zero-order chi connectivity index (χ0) is 14.8. The SMILES string of the molecule is Cc1cc(Cl)ccc1[C@H]1CN(Cc2ccccc2)C[C@@H]1N. The van der Waals surface area contributed by atoms with E-state index in [0.717, 1.165) is 24.7 Å². The van der Waals surface area contributed by atoms with Crippen LogP contribution in [0.5, 0.6) is 0 Å². The summed E-state index contributed by atoms with van der Waals surface area (Å²) in [6, 6.07) is 16.9. The van der Waals surface area contributed by atoms with E-state index in [1.807, 2.05) is 12.1 Å². The minimum absolute atomic E-state index is 0.189. The third kappa shape index (κ3) is 3.29. The van der Waals surface area contributed by atoms with Crippen LogP contribution in [0.1, 0.15) is 22.6 Å². The number of benzene rings is 2. The van der Waals surface area contributed by atoms with Gasteiger partial charge in [-0.15, -0.1) is 0 Å². The lowest BCUT2D eigenvalue weighted by atomic mass is 9.91. The van der Waals surface area contributed by atoms with E-state index in [0.29, 0.717) is 5.92 Å². The highest BCUT2D eigenvalue weighted by molar-refractivity contribution is 6.30. The van der Waals surface area contributed by atoms with E-state index >= 15 is 0 Å². The molecule has 0 unspecified atom stereocenters. The third-order valence-electron chi connectivity index (χ3n) is 4.32. The van der Waals surface area contributed by atoms with Crippen molar-refractivity contribution in [1.82, 2.24) is 4.90 Å². The number of nitrogens with zero attached hydrogens (tertiary/aromatic N) is 1. The third-order valence-corrected chi connectivity index (χ3v) is 4.56. The summed E-state index contributed by atoms with van der Waals surface area (Å²) in [5.74, 6) is 0.394. The van der Waals surface area contributed by atoms with Gasteiger partial charge in [-0.2, -0.15) is 0 Å². The second kappa shape index (κ2) is 6.18. The van der Waals surface area contributed by atoms with Crippen LogP contribution in [0.15, 0.2) is 48.5 Å². The molecule has 0 spiro atoms. The number of hydrogen-bond acceptors (Lipinski definition) is 2. The molecule has 110 valence electrons. The van der Waals surface area contributed by atoms with Crippen molar-refractivity contribution < 1.29 is 0 Å². The molecule has 2 aromatic carbocycles. The molecule has 0 bridgehead atoms. The maximum absolute atomic E-state index is 6.39. The van der Waals surface area contributed by atoms with Crippen LogP contribution in [0, 0.1) is 6.92 Å². The van der Waals surface area contributed by atoms with E-state index in [4.69, 9.17) is 17.3 Å². The summed E-state index contributed by atoms with van der Waals surface area (Å²) in [5.41, 5.74) is 10.3. The largest absolute Gasteiger partial charge is 0.326 e. The van der Waals surface area contributed by atoms with Crippen molar-refractivity contribution in [2.24, 2.45) is 5.73 Å². The topological polar surface area (TPSA) is 29.3 Å².